The van der Waals surface area contributed by atoms with Crippen LogP contribution in [0.1, 0.15) is 46.0 Å². The summed E-state index contributed by atoms with van der Waals surface area (Å²) >= 11 is 0. The summed E-state index contributed by atoms with van der Waals surface area (Å²) in [6, 6.07) is 0. The SMILES string of the molecule is C/C1=C(\O)CCCCCC1C. The Morgan fingerprint density at radius 3 is 2.73 bits per heavy atom. The maximum atomic E-state index is 9.53. The standard InChI is InChI=1S/C10H18O/c1-8-6-4-3-5-7-10(11)9(8)2/h8,11H,3-7H2,1-2H3/b10-9+. The molecule has 0 aliphatic heterocycles. The summed E-state index contributed by atoms with van der Waals surface area (Å²) in [6.07, 6.45) is 5.91. The van der Waals surface area contributed by atoms with Gasteiger partial charge in [-0.1, -0.05) is 19.8 Å². The van der Waals surface area contributed by atoms with Gasteiger partial charge in [-0.2, -0.15) is 0 Å². The van der Waals surface area contributed by atoms with Gasteiger partial charge in [-0.05, 0) is 31.3 Å². The van der Waals surface area contributed by atoms with Crippen LogP contribution in [0, 0.1) is 5.92 Å². The predicted octanol–water partition coefficient (Wildman–Crippen LogP) is 3.42. The molecular formula is C10H18O. The van der Waals surface area contributed by atoms with E-state index >= 15 is 0 Å². The molecule has 1 heteroatoms. The summed E-state index contributed by atoms with van der Waals surface area (Å²) in [5.41, 5.74) is 1.21. The van der Waals surface area contributed by atoms with E-state index in [2.05, 4.69) is 13.8 Å². The van der Waals surface area contributed by atoms with E-state index in [0.29, 0.717) is 11.7 Å². The average molecular weight is 154 g/mol. The van der Waals surface area contributed by atoms with Gasteiger partial charge in [-0.25, -0.2) is 0 Å². The van der Waals surface area contributed by atoms with E-state index in [4.69, 9.17) is 0 Å². The number of allylic oxidation sites excluding steroid dienone is 2. The van der Waals surface area contributed by atoms with Gasteiger partial charge in [0, 0.05) is 6.42 Å². The maximum absolute atomic E-state index is 9.53. The first-order valence-corrected chi connectivity index (χ1v) is 4.60. The van der Waals surface area contributed by atoms with Gasteiger partial charge >= 0.3 is 0 Å². The molecule has 0 saturated carbocycles. The van der Waals surface area contributed by atoms with Crippen molar-refractivity contribution in [2.75, 3.05) is 0 Å². The topological polar surface area (TPSA) is 20.2 Å². The molecule has 0 spiro atoms. The van der Waals surface area contributed by atoms with Crippen LogP contribution in [0.25, 0.3) is 0 Å². The number of aliphatic hydroxyl groups is 1. The zero-order valence-corrected chi connectivity index (χ0v) is 7.56. The molecule has 0 amide bonds. The Kier molecular flexibility index (Phi) is 2.98. The van der Waals surface area contributed by atoms with E-state index in [1.165, 1.54) is 24.8 Å². The normalized spacial score (nSPS) is 34.5. The van der Waals surface area contributed by atoms with Crippen molar-refractivity contribution in [1.29, 1.82) is 0 Å². The average Bonchev–Trinajstić information content (AvgIpc) is 2.00. The van der Waals surface area contributed by atoms with E-state index in [1.54, 1.807) is 0 Å². The van der Waals surface area contributed by atoms with Crippen molar-refractivity contribution in [2.24, 2.45) is 5.92 Å². The molecular weight excluding hydrogens is 136 g/mol. The third-order valence-corrected chi connectivity index (χ3v) is 2.75. The quantitative estimate of drug-likeness (QED) is 0.567. The summed E-state index contributed by atoms with van der Waals surface area (Å²) in [5.74, 6) is 1.24. The van der Waals surface area contributed by atoms with Gasteiger partial charge in [-0.15, -0.1) is 0 Å². The third kappa shape index (κ3) is 2.25. The van der Waals surface area contributed by atoms with Crippen molar-refractivity contribution in [1.82, 2.24) is 0 Å². The molecule has 11 heavy (non-hydrogen) atoms. The fraction of sp³-hybridized carbons (Fsp3) is 0.800. The van der Waals surface area contributed by atoms with Crippen LogP contribution in [-0.4, -0.2) is 5.11 Å². The molecule has 0 saturated heterocycles. The second-order valence-electron chi connectivity index (χ2n) is 3.63. The van der Waals surface area contributed by atoms with E-state index in [-0.39, 0.29) is 0 Å². The maximum Gasteiger partial charge on any atom is 0.0914 e. The van der Waals surface area contributed by atoms with Crippen LogP contribution in [-0.2, 0) is 0 Å². The van der Waals surface area contributed by atoms with Crippen molar-refractivity contribution in [3.05, 3.63) is 11.3 Å². The van der Waals surface area contributed by atoms with Crippen molar-refractivity contribution >= 4 is 0 Å². The zero-order chi connectivity index (χ0) is 8.27. The van der Waals surface area contributed by atoms with Crippen LogP contribution in [0.4, 0.5) is 0 Å². The van der Waals surface area contributed by atoms with Gasteiger partial charge in [0.05, 0.1) is 5.76 Å². The highest BCUT2D eigenvalue weighted by atomic mass is 16.3. The van der Waals surface area contributed by atoms with Crippen LogP contribution in [0.5, 0.6) is 0 Å². The van der Waals surface area contributed by atoms with Gasteiger partial charge in [-0.3, -0.25) is 0 Å². The van der Waals surface area contributed by atoms with E-state index in [9.17, 15) is 5.11 Å². The lowest BCUT2D eigenvalue weighted by atomic mass is 9.91. The van der Waals surface area contributed by atoms with E-state index in [1.807, 2.05) is 0 Å². The zero-order valence-electron chi connectivity index (χ0n) is 7.56. The van der Waals surface area contributed by atoms with Crippen molar-refractivity contribution < 1.29 is 5.11 Å². The minimum atomic E-state index is 0.593. The molecule has 1 unspecified atom stereocenters. The Balaban J connectivity index is 2.66. The smallest absolute Gasteiger partial charge is 0.0914 e. The molecule has 0 aromatic rings. The second kappa shape index (κ2) is 3.80. The molecule has 1 aliphatic carbocycles. The minimum Gasteiger partial charge on any atom is -0.512 e. The predicted molar refractivity (Wildman–Crippen MR) is 47.6 cm³/mol. The minimum absolute atomic E-state index is 0.593. The molecule has 0 aromatic heterocycles. The van der Waals surface area contributed by atoms with Crippen molar-refractivity contribution in [2.45, 2.75) is 46.0 Å². The molecule has 0 aromatic carbocycles. The number of hydrogen-bond donors (Lipinski definition) is 1. The van der Waals surface area contributed by atoms with E-state index in [0.717, 1.165) is 12.8 Å². The van der Waals surface area contributed by atoms with Crippen LogP contribution < -0.4 is 0 Å². The van der Waals surface area contributed by atoms with Gasteiger partial charge in [0.25, 0.3) is 0 Å². The summed E-state index contributed by atoms with van der Waals surface area (Å²) < 4.78 is 0. The fourth-order valence-electron chi connectivity index (χ4n) is 1.62. The second-order valence-corrected chi connectivity index (χ2v) is 3.63. The fourth-order valence-corrected chi connectivity index (χ4v) is 1.62. The molecule has 64 valence electrons. The van der Waals surface area contributed by atoms with Crippen LogP contribution in [0.3, 0.4) is 0 Å². The monoisotopic (exact) mass is 154 g/mol. The molecule has 0 bridgehead atoms. The van der Waals surface area contributed by atoms with Gasteiger partial charge < -0.3 is 5.11 Å². The first-order valence-electron chi connectivity index (χ1n) is 4.60. The number of hydrogen-bond acceptors (Lipinski definition) is 1. The first-order chi connectivity index (χ1) is 5.22. The molecule has 0 radical (unpaired) electrons. The Morgan fingerprint density at radius 1 is 1.27 bits per heavy atom. The summed E-state index contributed by atoms with van der Waals surface area (Å²) in [4.78, 5) is 0. The lowest BCUT2D eigenvalue weighted by Gasteiger charge is -2.17. The Morgan fingerprint density at radius 2 is 2.00 bits per heavy atom. The Labute approximate surface area is 69.1 Å². The van der Waals surface area contributed by atoms with Crippen molar-refractivity contribution in [3.63, 3.8) is 0 Å². The first kappa shape index (κ1) is 8.63. The number of rotatable bonds is 0. The Hall–Kier alpha value is -0.460. The highest BCUT2D eigenvalue weighted by Gasteiger charge is 2.11. The molecule has 0 heterocycles. The summed E-state index contributed by atoms with van der Waals surface area (Å²) in [5, 5.41) is 9.53. The summed E-state index contributed by atoms with van der Waals surface area (Å²) in [6.45, 7) is 4.27. The third-order valence-electron chi connectivity index (χ3n) is 2.75. The highest BCUT2D eigenvalue weighted by molar-refractivity contribution is 5.08. The lowest BCUT2D eigenvalue weighted by Crippen LogP contribution is -2.03. The van der Waals surface area contributed by atoms with E-state index < -0.39 is 0 Å². The molecule has 1 N–H and O–H groups in total. The lowest BCUT2D eigenvalue weighted by molar-refractivity contribution is 0.350. The van der Waals surface area contributed by atoms with Crippen molar-refractivity contribution in [3.8, 4) is 0 Å². The largest absolute Gasteiger partial charge is 0.512 e. The Bertz CT molecular complexity index is 158. The summed E-state index contributed by atoms with van der Waals surface area (Å²) in [7, 11) is 0. The van der Waals surface area contributed by atoms with Gasteiger partial charge in [0.1, 0.15) is 0 Å². The van der Waals surface area contributed by atoms with Gasteiger partial charge in [0.15, 0.2) is 0 Å². The molecule has 1 rings (SSSR count). The molecule has 1 atom stereocenters. The van der Waals surface area contributed by atoms with Crippen LogP contribution >= 0.6 is 0 Å². The van der Waals surface area contributed by atoms with Crippen LogP contribution in [0.15, 0.2) is 11.3 Å². The number of aliphatic hydroxyl groups excluding tert-OH is 1. The molecule has 1 nitrogen and oxygen atoms in total. The van der Waals surface area contributed by atoms with Crippen LogP contribution in [0.2, 0.25) is 0 Å². The highest BCUT2D eigenvalue weighted by Crippen LogP contribution is 2.25. The van der Waals surface area contributed by atoms with Gasteiger partial charge in [0.2, 0.25) is 0 Å². The molecule has 0 fully saturated rings. The molecule has 1 aliphatic rings.